The number of benzene rings is 2. The van der Waals surface area contributed by atoms with Gasteiger partial charge in [-0.25, -0.2) is 13.8 Å². The van der Waals surface area contributed by atoms with Crippen LogP contribution >= 0.6 is 0 Å². The second-order valence-electron chi connectivity index (χ2n) is 5.12. The zero-order chi connectivity index (χ0) is 17.5. The first-order chi connectivity index (χ1) is 11.3. The first kappa shape index (κ1) is 16.4. The lowest BCUT2D eigenvalue weighted by Gasteiger charge is -2.32. The molecule has 8 heteroatoms. The second kappa shape index (κ2) is 5.55. The van der Waals surface area contributed by atoms with E-state index in [4.69, 9.17) is 4.74 Å². The summed E-state index contributed by atoms with van der Waals surface area (Å²) in [6.45, 7) is 0. The number of rotatable bonds is 3. The number of ether oxygens (including phenoxy) is 1. The Kier molecular flexibility index (Phi) is 3.79. The number of H-pyrrole nitrogens is 1. The van der Waals surface area contributed by atoms with Crippen molar-refractivity contribution in [1.29, 1.82) is 0 Å². The molecular formula is C16H11F5N2O. The topological polar surface area (TPSA) is 37.9 Å². The van der Waals surface area contributed by atoms with Crippen LogP contribution in [0.2, 0.25) is 0 Å². The van der Waals surface area contributed by atoms with Crippen LogP contribution in [-0.4, -0.2) is 23.3 Å². The van der Waals surface area contributed by atoms with Crippen LogP contribution in [-0.2, 0) is 10.3 Å². The molecular weight excluding hydrogens is 331 g/mol. The van der Waals surface area contributed by atoms with Crippen molar-refractivity contribution in [2.75, 3.05) is 7.11 Å². The Morgan fingerprint density at radius 3 is 2.21 bits per heavy atom. The standard InChI is InChI=1S/C16H11F5N2O/c1-24-15(16(19,20)21,9-5-3-2-4-6-9)14-22-12-7-10(17)11(18)8-13(12)23-14/h2-8H,1H3,(H,22,23)/t15-/m1/s1. The molecule has 0 fully saturated rings. The lowest BCUT2D eigenvalue weighted by atomic mass is 9.92. The number of hydrogen-bond acceptors (Lipinski definition) is 2. The van der Waals surface area contributed by atoms with Crippen LogP contribution in [0.3, 0.4) is 0 Å². The lowest BCUT2D eigenvalue weighted by molar-refractivity contribution is -0.261. The number of nitrogens with one attached hydrogen (secondary N) is 1. The van der Waals surface area contributed by atoms with Crippen LogP contribution in [0.4, 0.5) is 22.0 Å². The fraction of sp³-hybridized carbons (Fsp3) is 0.188. The molecule has 0 aliphatic carbocycles. The van der Waals surface area contributed by atoms with Gasteiger partial charge in [-0.1, -0.05) is 30.3 Å². The van der Waals surface area contributed by atoms with Gasteiger partial charge in [-0.15, -0.1) is 0 Å². The smallest absolute Gasteiger partial charge is 0.358 e. The molecule has 1 atom stereocenters. The predicted molar refractivity (Wildman–Crippen MR) is 76.3 cm³/mol. The molecule has 0 radical (unpaired) electrons. The fourth-order valence-corrected chi connectivity index (χ4v) is 2.61. The van der Waals surface area contributed by atoms with Gasteiger partial charge in [0.15, 0.2) is 17.5 Å². The number of aromatic nitrogens is 2. The summed E-state index contributed by atoms with van der Waals surface area (Å²) in [5.74, 6) is -2.99. The minimum Gasteiger partial charge on any atom is -0.358 e. The normalized spacial score (nSPS) is 14.8. The maximum absolute atomic E-state index is 13.9. The maximum Gasteiger partial charge on any atom is 0.429 e. The molecule has 2 aromatic carbocycles. The van der Waals surface area contributed by atoms with E-state index < -0.39 is 29.2 Å². The summed E-state index contributed by atoms with van der Waals surface area (Å²) in [6.07, 6.45) is -4.87. The molecule has 3 nitrogen and oxygen atoms in total. The molecule has 3 rings (SSSR count). The van der Waals surface area contributed by atoms with Crippen molar-refractivity contribution < 1.29 is 26.7 Å². The average molecular weight is 342 g/mol. The molecule has 0 saturated carbocycles. The van der Waals surface area contributed by atoms with Gasteiger partial charge in [0.2, 0.25) is 5.60 Å². The molecule has 0 aliphatic heterocycles. The quantitative estimate of drug-likeness (QED) is 0.721. The molecule has 0 saturated heterocycles. The van der Waals surface area contributed by atoms with Crippen LogP contribution in [0.25, 0.3) is 11.0 Å². The van der Waals surface area contributed by atoms with Gasteiger partial charge in [0.25, 0.3) is 0 Å². The molecule has 0 amide bonds. The molecule has 3 aromatic rings. The highest BCUT2D eigenvalue weighted by Gasteiger charge is 2.60. The first-order valence-electron chi connectivity index (χ1n) is 6.82. The van der Waals surface area contributed by atoms with Gasteiger partial charge in [0.05, 0.1) is 11.0 Å². The van der Waals surface area contributed by atoms with Crippen molar-refractivity contribution in [1.82, 2.24) is 9.97 Å². The highest BCUT2D eigenvalue weighted by molar-refractivity contribution is 5.75. The van der Waals surface area contributed by atoms with Crippen LogP contribution < -0.4 is 0 Å². The third-order valence-electron chi connectivity index (χ3n) is 3.74. The summed E-state index contributed by atoms with van der Waals surface area (Å²) in [4.78, 5) is 6.19. The van der Waals surface area contributed by atoms with Gasteiger partial charge in [-0.3, -0.25) is 0 Å². The van der Waals surface area contributed by atoms with E-state index in [9.17, 15) is 22.0 Å². The van der Waals surface area contributed by atoms with Gasteiger partial charge >= 0.3 is 6.18 Å². The SMILES string of the molecule is CO[C@](c1ccccc1)(c1nc2cc(F)c(F)cc2[nH]1)C(F)(F)F. The number of halogens is 5. The highest BCUT2D eigenvalue weighted by Crippen LogP contribution is 2.46. The Morgan fingerprint density at radius 1 is 1.00 bits per heavy atom. The van der Waals surface area contributed by atoms with Gasteiger partial charge in [-0.05, 0) is 0 Å². The number of alkyl halides is 3. The fourth-order valence-electron chi connectivity index (χ4n) is 2.61. The summed E-state index contributed by atoms with van der Waals surface area (Å²) >= 11 is 0. The summed E-state index contributed by atoms with van der Waals surface area (Å²) in [5, 5.41) is 0. The number of nitrogens with zero attached hydrogens (tertiary/aromatic N) is 1. The van der Waals surface area contributed by atoms with Gasteiger partial charge in [0, 0.05) is 24.8 Å². The number of aromatic amines is 1. The summed E-state index contributed by atoms with van der Waals surface area (Å²) in [7, 11) is 0.898. The molecule has 1 aromatic heterocycles. The van der Waals surface area contributed by atoms with Crippen LogP contribution in [0, 0.1) is 11.6 Å². The number of fused-ring (bicyclic) bond motifs is 1. The van der Waals surface area contributed by atoms with E-state index >= 15 is 0 Å². The van der Waals surface area contributed by atoms with Gasteiger partial charge in [-0.2, -0.15) is 13.2 Å². The Hall–Kier alpha value is -2.48. The number of hydrogen-bond donors (Lipinski definition) is 1. The molecule has 1 heterocycles. The van der Waals surface area contributed by atoms with Crippen molar-refractivity contribution in [2.45, 2.75) is 11.8 Å². The molecule has 1 N–H and O–H groups in total. The van der Waals surface area contributed by atoms with Crippen molar-refractivity contribution in [2.24, 2.45) is 0 Å². The zero-order valence-electron chi connectivity index (χ0n) is 12.3. The average Bonchev–Trinajstić information content (AvgIpc) is 2.91. The Labute approximate surface area is 133 Å². The maximum atomic E-state index is 13.9. The molecule has 0 bridgehead atoms. The lowest BCUT2D eigenvalue weighted by Crippen LogP contribution is -2.46. The van der Waals surface area contributed by atoms with Gasteiger partial charge in [0.1, 0.15) is 0 Å². The van der Waals surface area contributed by atoms with E-state index in [2.05, 4.69) is 9.97 Å². The van der Waals surface area contributed by atoms with E-state index in [1.807, 2.05) is 0 Å². The van der Waals surface area contributed by atoms with Gasteiger partial charge < -0.3 is 9.72 Å². The molecule has 24 heavy (non-hydrogen) atoms. The van der Waals surface area contributed by atoms with E-state index in [1.165, 1.54) is 24.3 Å². The first-order valence-corrected chi connectivity index (χ1v) is 6.82. The molecule has 0 unspecified atom stereocenters. The predicted octanol–water partition coefficient (Wildman–Crippen LogP) is 4.29. The Bertz CT molecular complexity index is 836. The monoisotopic (exact) mass is 342 g/mol. The third-order valence-corrected chi connectivity index (χ3v) is 3.74. The zero-order valence-corrected chi connectivity index (χ0v) is 12.3. The van der Waals surface area contributed by atoms with Crippen LogP contribution in [0.5, 0.6) is 0 Å². The minimum absolute atomic E-state index is 0.0643. The van der Waals surface area contributed by atoms with Crippen LogP contribution in [0.15, 0.2) is 42.5 Å². The Morgan fingerprint density at radius 2 is 1.62 bits per heavy atom. The van der Waals surface area contributed by atoms with E-state index in [1.54, 1.807) is 6.07 Å². The summed E-state index contributed by atoms with van der Waals surface area (Å²) < 4.78 is 73.2. The number of imidazole rings is 1. The van der Waals surface area contributed by atoms with Crippen molar-refractivity contribution in [3.8, 4) is 0 Å². The number of methoxy groups -OCH3 is 1. The molecule has 0 aliphatic rings. The van der Waals surface area contributed by atoms with E-state index in [0.29, 0.717) is 0 Å². The van der Waals surface area contributed by atoms with E-state index in [-0.39, 0.29) is 16.6 Å². The summed E-state index contributed by atoms with van der Waals surface area (Å²) in [6, 6.07) is 8.38. The van der Waals surface area contributed by atoms with Crippen molar-refractivity contribution >= 4 is 11.0 Å². The summed E-state index contributed by atoms with van der Waals surface area (Å²) in [5.41, 5.74) is -3.30. The molecule has 0 spiro atoms. The second-order valence-corrected chi connectivity index (χ2v) is 5.12. The Balaban J connectivity index is 2.31. The third kappa shape index (κ3) is 2.34. The van der Waals surface area contributed by atoms with E-state index in [0.717, 1.165) is 19.2 Å². The molecule has 126 valence electrons. The highest BCUT2D eigenvalue weighted by atomic mass is 19.4. The van der Waals surface area contributed by atoms with Crippen molar-refractivity contribution in [3.05, 3.63) is 65.5 Å². The van der Waals surface area contributed by atoms with Crippen molar-refractivity contribution in [3.63, 3.8) is 0 Å². The van der Waals surface area contributed by atoms with Crippen LogP contribution in [0.1, 0.15) is 11.4 Å². The minimum atomic E-state index is -4.87. The largest absolute Gasteiger partial charge is 0.429 e.